The van der Waals surface area contributed by atoms with Gasteiger partial charge in [0.05, 0.1) is 25.4 Å². The molecular formula is C39H55N3O5. The minimum Gasteiger partial charge on any atom is -0.497 e. The second-order valence-electron chi connectivity index (χ2n) is 13.8. The van der Waals surface area contributed by atoms with Crippen LogP contribution in [0.4, 0.5) is 11.4 Å². The summed E-state index contributed by atoms with van der Waals surface area (Å²) in [6.07, 6.45) is 9.89. The van der Waals surface area contributed by atoms with Crippen LogP contribution < -0.4 is 31.1 Å². The summed E-state index contributed by atoms with van der Waals surface area (Å²) in [4.78, 5) is 28.4. The van der Waals surface area contributed by atoms with Crippen molar-refractivity contribution in [3.8, 4) is 5.75 Å². The highest BCUT2D eigenvalue weighted by atomic mass is 16.5. The van der Waals surface area contributed by atoms with Crippen LogP contribution in [0.1, 0.15) is 93.9 Å². The summed E-state index contributed by atoms with van der Waals surface area (Å²) in [5.74, 6) is 1.50. The van der Waals surface area contributed by atoms with Gasteiger partial charge in [0, 0.05) is 38.7 Å². The normalized spacial score (nSPS) is 19.4. The lowest BCUT2D eigenvalue weighted by atomic mass is 9.83. The Morgan fingerprint density at radius 3 is 2.53 bits per heavy atom. The number of benzene rings is 2. The standard InChI is InChI=1S/C39H55N3O5/c1-4-5-19-47-39(30-15-10-7-11-16-30)31-17-12-18-42(26-31)36-35(37(44)38(36)45)41-33(23-28-13-8-6-9-14-28)34(43)25-40-24-29-20-27(2)21-32(22-29)46-3/h7,10-11,15-16,20-22,28,31,33-34,39-41,43H,4-6,8-9,12-14,17-19,23-26H2,1-3H3/t31-,33+,34-,39+/m1/s1. The van der Waals surface area contributed by atoms with Crippen LogP contribution in [0, 0.1) is 18.8 Å². The van der Waals surface area contributed by atoms with Crippen molar-refractivity contribution in [2.24, 2.45) is 11.8 Å². The summed E-state index contributed by atoms with van der Waals surface area (Å²) >= 11 is 0. The molecule has 0 unspecified atom stereocenters. The molecule has 47 heavy (non-hydrogen) atoms. The molecule has 1 aliphatic heterocycles. The first kappa shape index (κ1) is 35.1. The van der Waals surface area contributed by atoms with Gasteiger partial charge in [-0.2, -0.15) is 0 Å². The Balaban J connectivity index is 1.30. The number of unbranched alkanes of at least 4 members (excludes halogenated alkanes) is 1. The minimum absolute atomic E-state index is 0.0613. The lowest BCUT2D eigenvalue weighted by Gasteiger charge is -2.40. The van der Waals surface area contributed by atoms with E-state index in [1.54, 1.807) is 7.11 Å². The highest BCUT2D eigenvalue weighted by molar-refractivity contribution is 5.75. The highest BCUT2D eigenvalue weighted by Gasteiger charge is 2.35. The quantitative estimate of drug-likeness (QED) is 0.117. The van der Waals surface area contributed by atoms with E-state index in [0.29, 0.717) is 43.5 Å². The van der Waals surface area contributed by atoms with Crippen LogP contribution in [0.15, 0.2) is 58.1 Å². The molecule has 1 aliphatic carbocycles. The molecule has 0 bridgehead atoms. The molecule has 3 aromatic rings. The van der Waals surface area contributed by atoms with E-state index < -0.39 is 17.0 Å². The number of methoxy groups -OCH3 is 1. The number of hydrogen-bond acceptors (Lipinski definition) is 8. The Morgan fingerprint density at radius 1 is 1.00 bits per heavy atom. The Hall–Kier alpha value is -3.20. The number of nitrogens with one attached hydrogen (secondary N) is 2. The zero-order valence-electron chi connectivity index (χ0n) is 28.6. The van der Waals surface area contributed by atoms with Crippen molar-refractivity contribution in [2.45, 2.75) is 103 Å². The lowest BCUT2D eigenvalue weighted by molar-refractivity contribution is 0.00454. The number of aliphatic hydroxyl groups is 1. The van der Waals surface area contributed by atoms with E-state index >= 15 is 0 Å². The largest absolute Gasteiger partial charge is 0.497 e. The fourth-order valence-corrected chi connectivity index (χ4v) is 7.61. The molecule has 8 heteroatoms. The predicted molar refractivity (Wildman–Crippen MR) is 190 cm³/mol. The van der Waals surface area contributed by atoms with Crippen molar-refractivity contribution >= 4 is 11.4 Å². The van der Waals surface area contributed by atoms with Crippen LogP contribution in [0.3, 0.4) is 0 Å². The zero-order valence-corrected chi connectivity index (χ0v) is 28.6. The van der Waals surface area contributed by atoms with E-state index in [9.17, 15) is 14.7 Å². The Bertz CT molecular complexity index is 1460. The Labute approximate surface area is 280 Å². The number of aryl methyl sites for hydroxylation is 1. The third-order valence-electron chi connectivity index (χ3n) is 10.1. The summed E-state index contributed by atoms with van der Waals surface area (Å²) in [6, 6.07) is 16.1. The average molecular weight is 646 g/mol. The first-order chi connectivity index (χ1) is 22.9. The maximum atomic E-state index is 13.2. The predicted octanol–water partition coefficient (Wildman–Crippen LogP) is 6.28. The van der Waals surface area contributed by atoms with Crippen LogP contribution >= 0.6 is 0 Å². The molecule has 3 aromatic carbocycles. The van der Waals surface area contributed by atoms with Crippen molar-refractivity contribution in [3.63, 3.8) is 0 Å². The van der Waals surface area contributed by atoms with Crippen LogP contribution in [-0.2, 0) is 11.3 Å². The lowest BCUT2D eigenvalue weighted by Crippen LogP contribution is -2.50. The molecule has 0 aromatic heterocycles. The van der Waals surface area contributed by atoms with E-state index in [2.05, 4.69) is 52.8 Å². The molecule has 5 rings (SSSR count). The third-order valence-corrected chi connectivity index (χ3v) is 10.1. The molecule has 2 aliphatic rings. The van der Waals surface area contributed by atoms with E-state index in [4.69, 9.17) is 9.47 Å². The molecule has 0 spiro atoms. The molecule has 1 heterocycles. The van der Waals surface area contributed by atoms with Gasteiger partial charge < -0.3 is 30.1 Å². The van der Waals surface area contributed by atoms with Crippen LogP contribution in [0.5, 0.6) is 5.75 Å². The summed E-state index contributed by atoms with van der Waals surface area (Å²) in [5, 5.41) is 18.4. The second-order valence-corrected chi connectivity index (χ2v) is 13.8. The summed E-state index contributed by atoms with van der Waals surface area (Å²) in [6.45, 7) is 7.25. The molecule has 1 saturated heterocycles. The summed E-state index contributed by atoms with van der Waals surface area (Å²) < 4.78 is 11.9. The fourth-order valence-electron chi connectivity index (χ4n) is 7.61. The van der Waals surface area contributed by atoms with Crippen LogP contribution in [-0.4, -0.2) is 50.6 Å². The van der Waals surface area contributed by atoms with Crippen molar-refractivity contribution < 1.29 is 14.6 Å². The monoisotopic (exact) mass is 645 g/mol. The average Bonchev–Trinajstić information content (AvgIpc) is 3.10. The summed E-state index contributed by atoms with van der Waals surface area (Å²) in [5.41, 5.74) is 3.33. The molecule has 3 N–H and O–H groups in total. The Morgan fingerprint density at radius 2 is 1.79 bits per heavy atom. The fraction of sp³-hybridized carbons (Fsp3) is 0.590. The molecule has 0 amide bonds. The van der Waals surface area contributed by atoms with Crippen LogP contribution in [0.25, 0.3) is 0 Å². The van der Waals surface area contributed by atoms with Gasteiger partial charge in [-0.25, -0.2) is 0 Å². The van der Waals surface area contributed by atoms with Crippen LogP contribution in [0.2, 0.25) is 0 Å². The van der Waals surface area contributed by atoms with Gasteiger partial charge in [-0.05, 0) is 67.3 Å². The maximum Gasteiger partial charge on any atom is 0.253 e. The molecular weight excluding hydrogens is 590 g/mol. The first-order valence-corrected chi connectivity index (χ1v) is 17.9. The van der Waals surface area contributed by atoms with Gasteiger partial charge in [0.1, 0.15) is 17.1 Å². The van der Waals surface area contributed by atoms with Gasteiger partial charge in [0.15, 0.2) is 0 Å². The van der Waals surface area contributed by atoms with Gasteiger partial charge in [-0.3, -0.25) is 9.59 Å². The number of hydrogen-bond donors (Lipinski definition) is 3. The third kappa shape index (κ3) is 9.24. The number of anilines is 2. The topological polar surface area (TPSA) is 100 Å². The number of rotatable bonds is 17. The van der Waals surface area contributed by atoms with Gasteiger partial charge in [-0.1, -0.05) is 81.8 Å². The van der Waals surface area contributed by atoms with Gasteiger partial charge >= 0.3 is 0 Å². The highest BCUT2D eigenvalue weighted by Crippen LogP contribution is 2.36. The van der Waals surface area contributed by atoms with Crippen molar-refractivity contribution in [1.82, 2.24) is 5.32 Å². The molecule has 0 radical (unpaired) electrons. The molecule has 1 saturated carbocycles. The molecule has 2 fully saturated rings. The van der Waals surface area contributed by atoms with Crippen molar-refractivity contribution in [1.29, 1.82) is 0 Å². The van der Waals surface area contributed by atoms with Gasteiger partial charge in [0.2, 0.25) is 0 Å². The van der Waals surface area contributed by atoms with E-state index in [0.717, 1.165) is 73.9 Å². The Kier molecular flexibility index (Phi) is 12.9. The van der Waals surface area contributed by atoms with E-state index in [1.165, 1.54) is 19.3 Å². The molecule has 8 nitrogen and oxygen atoms in total. The van der Waals surface area contributed by atoms with E-state index in [-0.39, 0.29) is 18.1 Å². The SMILES string of the molecule is CCCCO[C@@H](c1ccccc1)[C@@H]1CCCN(c2c(N[C@@H](CC3CCCCC3)[C@H](O)CNCc3cc(C)cc(OC)c3)c(=O)c2=O)C1. The van der Waals surface area contributed by atoms with Gasteiger partial charge in [-0.15, -0.1) is 0 Å². The molecule has 4 atom stereocenters. The van der Waals surface area contributed by atoms with Gasteiger partial charge in [0.25, 0.3) is 10.9 Å². The number of aliphatic hydroxyl groups excluding tert-OH is 1. The molecule has 256 valence electrons. The zero-order chi connectivity index (χ0) is 33.2. The first-order valence-electron chi connectivity index (χ1n) is 17.9. The number of piperidine rings is 1. The van der Waals surface area contributed by atoms with E-state index in [1.807, 2.05) is 25.1 Å². The smallest absolute Gasteiger partial charge is 0.253 e. The maximum absolute atomic E-state index is 13.2. The number of ether oxygens (including phenoxy) is 2. The summed E-state index contributed by atoms with van der Waals surface area (Å²) in [7, 11) is 1.67. The number of nitrogens with zero attached hydrogens (tertiary/aromatic N) is 1. The van der Waals surface area contributed by atoms with Crippen molar-refractivity contribution in [3.05, 3.63) is 85.7 Å². The second kappa shape index (κ2) is 17.3. The van der Waals surface area contributed by atoms with Crippen molar-refractivity contribution in [2.75, 3.05) is 43.6 Å². The minimum atomic E-state index is -0.732.